The van der Waals surface area contributed by atoms with Crippen LogP contribution in [-0.4, -0.2) is 11.5 Å². The average Bonchev–Trinajstić information content (AvgIpc) is 2.88. The van der Waals surface area contributed by atoms with Gasteiger partial charge in [-0.05, 0) is 18.2 Å². The summed E-state index contributed by atoms with van der Waals surface area (Å²) in [6.07, 6.45) is 1.50. The van der Waals surface area contributed by atoms with Gasteiger partial charge in [0.25, 0.3) is 0 Å². The van der Waals surface area contributed by atoms with Gasteiger partial charge in [-0.15, -0.1) is 0 Å². The van der Waals surface area contributed by atoms with E-state index in [2.05, 4.69) is 10.1 Å². The lowest BCUT2D eigenvalue weighted by Crippen LogP contribution is -2.06. The van der Waals surface area contributed by atoms with Crippen molar-refractivity contribution in [3.8, 4) is 5.75 Å². The molecule has 2 rings (SSSR count). The van der Waals surface area contributed by atoms with Gasteiger partial charge in [-0.3, -0.25) is 10.1 Å². The lowest BCUT2D eigenvalue weighted by atomic mass is 10.2. The molecule has 2 aromatic rings. The largest absolute Gasteiger partial charge is 0.467 e. The van der Waals surface area contributed by atoms with Crippen molar-refractivity contribution in [1.82, 2.24) is 0 Å². The number of rotatable bonds is 6. The Bertz CT molecular complexity index is 587. The van der Waals surface area contributed by atoms with Crippen molar-refractivity contribution in [2.24, 2.45) is 0 Å². The second-order valence-corrected chi connectivity index (χ2v) is 3.75. The zero-order chi connectivity index (χ0) is 14.5. The molecule has 1 N–H and O–H groups in total. The molecule has 1 heterocycles. The van der Waals surface area contributed by atoms with Gasteiger partial charge in [-0.2, -0.15) is 8.78 Å². The van der Waals surface area contributed by atoms with Gasteiger partial charge in [0.2, 0.25) is 5.75 Å². The Labute approximate surface area is 112 Å². The van der Waals surface area contributed by atoms with E-state index in [1.165, 1.54) is 12.3 Å². The molecule has 0 bridgehead atoms. The molecule has 0 aliphatic rings. The van der Waals surface area contributed by atoms with Crippen LogP contribution in [0.5, 0.6) is 5.75 Å². The zero-order valence-electron chi connectivity index (χ0n) is 10.1. The Kier molecular flexibility index (Phi) is 4.14. The van der Waals surface area contributed by atoms with Crippen LogP contribution in [0.4, 0.5) is 20.2 Å². The molecular weight excluding hydrogens is 274 g/mol. The molecule has 1 aromatic heterocycles. The van der Waals surface area contributed by atoms with Crippen LogP contribution in [0.25, 0.3) is 0 Å². The minimum atomic E-state index is -3.13. The molecule has 0 atom stereocenters. The summed E-state index contributed by atoms with van der Waals surface area (Å²) in [7, 11) is 0. The van der Waals surface area contributed by atoms with Crippen LogP contribution in [0.1, 0.15) is 5.76 Å². The quantitative estimate of drug-likeness (QED) is 0.649. The molecular formula is C12H10F2N2O4. The van der Waals surface area contributed by atoms with E-state index in [9.17, 15) is 18.9 Å². The number of nitrogens with one attached hydrogen (secondary N) is 1. The SMILES string of the molecule is O=[N+]([O-])c1ccc(NCc2ccco2)cc1OC(F)F. The van der Waals surface area contributed by atoms with Crippen molar-refractivity contribution in [2.75, 3.05) is 5.32 Å². The van der Waals surface area contributed by atoms with Crippen LogP contribution in [0.15, 0.2) is 41.0 Å². The Morgan fingerprint density at radius 1 is 1.40 bits per heavy atom. The summed E-state index contributed by atoms with van der Waals surface area (Å²) in [4.78, 5) is 9.92. The number of alkyl halides is 2. The number of furan rings is 1. The summed E-state index contributed by atoms with van der Waals surface area (Å²) >= 11 is 0. The summed E-state index contributed by atoms with van der Waals surface area (Å²) in [6, 6.07) is 7.09. The van der Waals surface area contributed by atoms with Crippen LogP contribution in [0, 0.1) is 10.1 Å². The molecule has 20 heavy (non-hydrogen) atoms. The molecule has 0 aliphatic heterocycles. The highest BCUT2D eigenvalue weighted by atomic mass is 19.3. The van der Waals surface area contributed by atoms with E-state index in [1.807, 2.05) is 0 Å². The standard InChI is InChI=1S/C12H10F2N2O4/c13-12(14)20-11-6-8(3-4-10(11)16(17)18)15-7-9-2-1-5-19-9/h1-6,12,15H,7H2. The second-order valence-electron chi connectivity index (χ2n) is 3.75. The lowest BCUT2D eigenvalue weighted by molar-refractivity contribution is -0.386. The minimum Gasteiger partial charge on any atom is -0.467 e. The predicted molar refractivity (Wildman–Crippen MR) is 65.8 cm³/mol. The third kappa shape index (κ3) is 3.44. The molecule has 0 spiro atoms. The first-order valence-corrected chi connectivity index (χ1v) is 5.56. The maximum Gasteiger partial charge on any atom is 0.387 e. The molecule has 0 radical (unpaired) electrons. The van der Waals surface area contributed by atoms with Gasteiger partial charge in [-0.1, -0.05) is 0 Å². The topological polar surface area (TPSA) is 77.5 Å². The Morgan fingerprint density at radius 3 is 2.80 bits per heavy atom. The predicted octanol–water partition coefficient (Wildman–Crippen LogP) is 3.40. The van der Waals surface area contributed by atoms with Crippen LogP contribution in [0.2, 0.25) is 0 Å². The normalized spacial score (nSPS) is 10.6. The molecule has 0 unspecified atom stereocenters. The van der Waals surface area contributed by atoms with Gasteiger partial charge in [-0.25, -0.2) is 0 Å². The minimum absolute atomic E-state index is 0.318. The van der Waals surface area contributed by atoms with E-state index in [1.54, 1.807) is 12.1 Å². The number of halogens is 2. The molecule has 0 saturated heterocycles. The summed E-state index contributed by atoms with van der Waals surface area (Å²) in [5, 5.41) is 13.6. The van der Waals surface area contributed by atoms with Crippen LogP contribution in [0.3, 0.4) is 0 Å². The van der Waals surface area contributed by atoms with Gasteiger partial charge >= 0.3 is 12.3 Å². The fourth-order valence-electron chi connectivity index (χ4n) is 1.57. The summed E-state index contributed by atoms with van der Waals surface area (Å²) in [5.41, 5.74) is -0.114. The van der Waals surface area contributed by atoms with Crippen LogP contribution < -0.4 is 10.1 Å². The van der Waals surface area contributed by atoms with Gasteiger partial charge in [0.05, 0.1) is 17.7 Å². The first kappa shape index (κ1) is 13.8. The molecule has 0 fully saturated rings. The van der Waals surface area contributed by atoms with Crippen molar-refractivity contribution in [1.29, 1.82) is 0 Å². The van der Waals surface area contributed by atoms with E-state index < -0.39 is 23.0 Å². The first-order chi connectivity index (χ1) is 9.56. The molecule has 0 aliphatic carbocycles. The van der Waals surface area contributed by atoms with E-state index in [0.29, 0.717) is 18.0 Å². The van der Waals surface area contributed by atoms with Gasteiger partial charge < -0.3 is 14.5 Å². The Hall–Kier alpha value is -2.64. The highest BCUT2D eigenvalue weighted by molar-refractivity contribution is 5.58. The molecule has 106 valence electrons. The second kappa shape index (κ2) is 6.00. The van der Waals surface area contributed by atoms with Crippen molar-refractivity contribution >= 4 is 11.4 Å². The van der Waals surface area contributed by atoms with Crippen molar-refractivity contribution in [2.45, 2.75) is 13.2 Å². The monoisotopic (exact) mass is 284 g/mol. The summed E-state index contributed by atoms with van der Waals surface area (Å²) < 4.78 is 33.7. The maximum absolute atomic E-state index is 12.2. The van der Waals surface area contributed by atoms with Gasteiger partial charge in [0.15, 0.2) is 0 Å². The third-order valence-corrected chi connectivity index (χ3v) is 2.42. The molecule has 1 aromatic carbocycles. The highest BCUT2D eigenvalue weighted by Gasteiger charge is 2.19. The van der Waals surface area contributed by atoms with E-state index in [4.69, 9.17) is 4.42 Å². The van der Waals surface area contributed by atoms with E-state index in [-0.39, 0.29) is 0 Å². The maximum atomic E-state index is 12.2. The van der Waals surface area contributed by atoms with Crippen molar-refractivity contribution < 1.29 is 22.9 Å². The summed E-state index contributed by atoms with van der Waals surface area (Å²) in [6.45, 7) is -2.81. The van der Waals surface area contributed by atoms with Crippen LogP contribution in [-0.2, 0) is 6.54 Å². The number of nitro groups is 1. The third-order valence-electron chi connectivity index (χ3n) is 2.42. The van der Waals surface area contributed by atoms with E-state index in [0.717, 1.165) is 12.1 Å². The lowest BCUT2D eigenvalue weighted by Gasteiger charge is -2.09. The number of nitro benzene ring substituents is 1. The number of nitrogens with zero attached hydrogens (tertiary/aromatic N) is 1. The Balaban J connectivity index is 2.15. The number of benzene rings is 1. The fraction of sp³-hybridized carbons (Fsp3) is 0.167. The first-order valence-electron chi connectivity index (χ1n) is 5.56. The molecule has 0 saturated carbocycles. The van der Waals surface area contributed by atoms with Gasteiger partial charge in [0.1, 0.15) is 5.76 Å². The Morgan fingerprint density at radius 2 is 2.20 bits per heavy atom. The number of ether oxygens (including phenoxy) is 1. The molecule has 8 heteroatoms. The van der Waals surface area contributed by atoms with Gasteiger partial charge in [0, 0.05) is 17.8 Å². The zero-order valence-corrected chi connectivity index (χ0v) is 10.1. The fourth-order valence-corrected chi connectivity index (χ4v) is 1.57. The highest BCUT2D eigenvalue weighted by Crippen LogP contribution is 2.31. The number of anilines is 1. The van der Waals surface area contributed by atoms with E-state index >= 15 is 0 Å². The summed E-state index contributed by atoms with van der Waals surface area (Å²) in [5.74, 6) is 0.147. The average molecular weight is 284 g/mol. The number of hydrogen-bond donors (Lipinski definition) is 1. The van der Waals surface area contributed by atoms with Crippen molar-refractivity contribution in [3.63, 3.8) is 0 Å². The van der Waals surface area contributed by atoms with Crippen LogP contribution >= 0.6 is 0 Å². The number of hydrogen-bond acceptors (Lipinski definition) is 5. The molecule has 0 amide bonds. The van der Waals surface area contributed by atoms with Crippen molar-refractivity contribution in [3.05, 3.63) is 52.5 Å². The smallest absolute Gasteiger partial charge is 0.387 e. The molecule has 6 nitrogen and oxygen atoms in total.